The topological polar surface area (TPSA) is 55.4 Å². The highest BCUT2D eigenvalue weighted by atomic mass is 32.2. The molecule has 0 aromatic heterocycles. The molecule has 0 aliphatic carbocycles. The van der Waals surface area contributed by atoms with Crippen LogP contribution in [0.5, 0.6) is 5.75 Å². The number of benzene rings is 2. The molecular formula is C15H13F4NO3S. The van der Waals surface area contributed by atoms with Crippen LogP contribution in [0.15, 0.2) is 47.4 Å². The SMILES string of the molecule is O=S(=O)(NCCc1ccc(OC(F)F)cc1)c1c(F)cccc1F. The number of halogens is 4. The maximum absolute atomic E-state index is 13.5. The van der Waals surface area contributed by atoms with E-state index in [1.165, 1.54) is 24.3 Å². The summed E-state index contributed by atoms with van der Waals surface area (Å²) < 4.78 is 81.2. The number of hydrogen-bond acceptors (Lipinski definition) is 3. The predicted molar refractivity (Wildman–Crippen MR) is 78.3 cm³/mol. The summed E-state index contributed by atoms with van der Waals surface area (Å²) in [5.41, 5.74) is 0.633. The van der Waals surface area contributed by atoms with Crippen molar-refractivity contribution in [3.05, 3.63) is 59.7 Å². The van der Waals surface area contributed by atoms with Gasteiger partial charge in [-0.2, -0.15) is 8.78 Å². The lowest BCUT2D eigenvalue weighted by molar-refractivity contribution is -0.0498. The Hall–Kier alpha value is -2.13. The van der Waals surface area contributed by atoms with E-state index in [0.29, 0.717) is 5.56 Å². The molecule has 0 radical (unpaired) electrons. The Labute approximate surface area is 136 Å². The third-order valence-electron chi connectivity index (χ3n) is 3.04. The van der Waals surface area contributed by atoms with Crippen molar-refractivity contribution in [3.63, 3.8) is 0 Å². The molecule has 0 saturated heterocycles. The first-order valence-electron chi connectivity index (χ1n) is 6.77. The number of hydrogen-bond donors (Lipinski definition) is 1. The maximum atomic E-state index is 13.5. The predicted octanol–water partition coefficient (Wildman–Crippen LogP) is 3.09. The van der Waals surface area contributed by atoms with Crippen molar-refractivity contribution in [3.8, 4) is 5.75 Å². The van der Waals surface area contributed by atoms with Gasteiger partial charge in [-0.05, 0) is 36.2 Å². The van der Waals surface area contributed by atoms with Crippen LogP contribution in [0.25, 0.3) is 0 Å². The molecular weight excluding hydrogens is 350 g/mol. The van der Waals surface area contributed by atoms with Crippen molar-refractivity contribution in [2.45, 2.75) is 17.9 Å². The number of ether oxygens (including phenoxy) is 1. The second kappa shape index (κ2) is 7.63. The Morgan fingerprint density at radius 1 is 1.00 bits per heavy atom. The van der Waals surface area contributed by atoms with Crippen LogP contribution in [-0.2, 0) is 16.4 Å². The second-order valence-corrected chi connectivity index (χ2v) is 6.42. The first-order valence-corrected chi connectivity index (χ1v) is 8.25. The molecule has 0 saturated carbocycles. The third-order valence-corrected chi connectivity index (χ3v) is 4.55. The van der Waals surface area contributed by atoms with E-state index in [-0.39, 0.29) is 18.7 Å². The molecule has 0 bridgehead atoms. The summed E-state index contributed by atoms with van der Waals surface area (Å²) >= 11 is 0. The van der Waals surface area contributed by atoms with E-state index in [4.69, 9.17) is 0 Å². The van der Waals surface area contributed by atoms with Gasteiger partial charge in [-0.15, -0.1) is 0 Å². The van der Waals surface area contributed by atoms with Crippen LogP contribution >= 0.6 is 0 Å². The van der Waals surface area contributed by atoms with E-state index in [2.05, 4.69) is 9.46 Å². The van der Waals surface area contributed by atoms with E-state index in [9.17, 15) is 26.0 Å². The monoisotopic (exact) mass is 363 g/mol. The van der Waals surface area contributed by atoms with Crippen molar-refractivity contribution in [1.29, 1.82) is 0 Å². The third kappa shape index (κ3) is 4.68. The number of sulfonamides is 1. The van der Waals surface area contributed by atoms with Crippen molar-refractivity contribution >= 4 is 10.0 Å². The molecule has 0 fully saturated rings. The highest BCUT2D eigenvalue weighted by Gasteiger charge is 2.23. The lowest BCUT2D eigenvalue weighted by Crippen LogP contribution is -2.27. The summed E-state index contributed by atoms with van der Waals surface area (Å²) in [5.74, 6) is -2.39. The molecule has 0 aliphatic heterocycles. The first kappa shape index (κ1) is 18.2. The van der Waals surface area contributed by atoms with Crippen LogP contribution in [0, 0.1) is 11.6 Å². The molecule has 0 spiro atoms. The molecule has 0 amide bonds. The van der Waals surface area contributed by atoms with Gasteiger partial charge in [-0.1, -0.05) is 18.2 Å². The molecule has 1 N–H and O–H groups in total. The van der Waals surface area contributed by atoms with Crippen molar-refractivity contribution in [2.24, 2.45) is 0 Å². The van der Waals surface area contributed by atoms with E-state index >= 15 is 0 Å². The van der Waals surface area contributed by atoms with Gasteiger partial charge in [0.1, 0.15) is 17.4 Å². The molecule has 130 valence electrons. The van der Waals surface area contributed by atoms with Crippen molar-refractivity contribution in [1.82, 2.24) is 4.72 Å². The average molecular weight is 363 g/mol. The Morgan fingerprint density at radius 3 is 2.12 bits per heavy atom. The van der Waals surface area contributed by atoms with Crippen LogP contribution in [0.4, 0.5) is 17.6 Å². The van der Waals surface area contributed by atoms with Crippen LogP contribution in [0.3, 0.4) is 0 Å². The maximum Gasteiger partial charge on any atom is 0.387 e. The lowest BCUT2D eigenvalue weighted by atomic mass is 10.1. The highest BCUT2D eigenvalue weighted by molar-refractivity contribution is 7.89. The molecule has 24 heavy (non-hydrogen) atoms. The Kier molecular flexibility index (Phi) is 5.79. The normalized spacial score (nSPS) is 11.7. The molecule has 0 atom stereocenters. The van der Waals surface area contributed by atoms with Crippen LogP contribution < -0.4 is 9.46 Å². The Bertz CT molecular complexity index is 775. The van der Waals surface area contributed by atoms with Crippen LogP contribution in [-0.4, -0.2) is 21.6 Å². The summed E-state index contributed by atoms with van der Waals surface area (Å²) in [4.78, 5) is -1.04. The standard InChI is InChI=1S/C15H13F4NO3S/c16-12-2-1-3-13(17)14(12)24(21,22)20-9-8-10-4-6-11(7-5-10)23-15(18)19/h1-7,15,20H,8-9H2. The summed E-state index contributed by atoms with van der Waals surface area (Å²) in [7, 11) is -4.34. The van der Waals surface area contributed by atoms with Gasteiger partial charge in [-0.25, -0.2) is 21.9 Å². The van der Waals surface area contributed by atoms with Gasteiger partial charge in [0.25, 0.3) is 0 Å². The molecule has 2 aromatic rings. The lowest BCUT2D eigenvalue weighted by Gasteiger charge is -2.09. The largest absolute Gasteiger partial charge is 0.435 e. The fourth-order valence-electron chi connectivity index (χ4n) is 1.98. The molecule has 2 rings (SSSR count). The molecule has 0 aliphatic rings. The van der Waals surface area contributed by atoms with Crippen molar-refractivity contribution in [2.75, 3.05) is 6.54 Å². The van der Waals surface area contributed by atoms with E-state index in [0.717, 1.165) is 18.2 Å². The van der Waals surface area contributed by atoms with Gasteiger partial charge < -0.3 is 4.74 Å². The zero-order valence-electron chi connectivity index (χ0n) is 12.2. The van der Waals surface area contributed by atoms with Gasteiger partial charge in [0.05, 0.1) is 0 Å². The summed E-state index contributed by atoms with van der Waals surface area (Å²) in [6.45, 7) is -3.05. The minimum Gasteiger partial charge on any atom is -0.435 e. The van der Waals surface area contributed by atoms with Gasteiger partial charge in [0, 0.05) is 6.54 Å². The van der Waals surface area contributed by atoms with Gasteiger partial charge in [0.15, 0.2) is 4.90 Å². The zero-order chi connectivity index (χ0) is 17.7. The van der Waals surface area contributed by atoms with Crippen LogP contribution in [0.2, 0.25) is 0 Å². The van der Waals surface area contributed by atoms with Gasteiger partial charge in [-0.3, -0.25) is 0 Å². The molecule has 0 unspecified atom stereocenters. The summed E-state index contributed by atoms with van der Waals surface area (Å²) in [6, 6.07) is 8.34. The Morgan fingerprint density at radius 2 is 1.58 bits per heavy atom. The summed E-state index contributed by atoms with van der Waals surface area (Å²) in [5, 5.41) is 0. The quantitative estimate of drug-likeness (QED) is 0.769. The fourth-order valence-corrected chi connectivity index (χ4v) is 3.14. The smallest absolute Gasteiger partial charge is 0.387 e. The number of alkyl halides is 2. The second-order valence-electron chi connectivity index (χ2n) is 4.72. The number of rotatable bonds is 7. The molecule has 9 heteroatoms. The minimum absolute atomic E-state index is 0.0252. The first-order chi connectivity index (χ1) is 11.3. The Balaban J connectivity index is 1.98. The molecule has 4 nitrogen and oxygen atoms in total. The fraction of sp³-hybridized carbons (Fsp3) is 0.200. The summed E-state index contributed by atoms with van der Waals surface area (Å²) in [6.07, 6.45) is 0.199. The zero-order valence-corrected chi connectivity index (χ0v) is 13.0. The molecule has 2 aromatic carbocycles. The van der Waals surface area contributed by atoms with Crippen LogP contribution in [0.1, 0.15) is 5.56 Å². The van der Waals surface area contributed by atoms with Gasteiger partial charge in [0.2, 0.25) is 10.0 Å². The minimum atomic E-state index is -4.34. The average Bonchev–Trinajstić information content (AvgIpc) is 2.48. The molecule has 0 heterocycles. The van der Waals surface area contributed by atoms with Crippen molar-refractivity contribution < 1.29 is 30.7 Å². The highest BCUT2D eigenvalue weighted by Crippen LogP contribution is 2.18. The van der Waals surface area contributed by atoms with E-state index in [1.54, 1.807) is 0 Å². The number of nitrogens with one attached hydrogen (secondary N) is 1. The van der Waals surface area contributed by atoms with Gasteiger partial charge >= 0.3 is 6.61 Å². The van der Waals surface area contributed by atoms with E-state index in [1.807, 2.05) is 0 Å². The van der Waals surface area contributed by atoms with E-state index < -0.39 is 33.2 Å².